The second kappa shape index (κ2) is 7.02. The molecule has 0 aromatic rings. The van der Waals surface area contributed by atoms with E-state index in [0.29, 0.717) is 25.1 Å². The van der Waals surface area contributed by atoms with Crippen LogP contribution in [-0.4, -0.2) is 17.6 Å². The SMILES string of the molecule is CCCCC(=O)NCCc1noc2cc(=O)ccc-2c1C. The molecule has 21 heavy (non-hydrogen) atoms. The summed E-state index contributed by atoms with van der Waals surface area (Å²) in [5.41, 5.74) is 2.58. The molecule has 0 radical (unpaired) electrons. The van der Waals surface area contributed by atoms with Crippen molar-refractivity contribution in [2.24, 2.45) is 0 Å². The summed E-state index contributed by atoms with van der Waals surface area (Å²) in [7, 11) is 0. The summed E-state index contributed by atoms with van der Waals surface area (Å²) in [6.07, 6.45) is 3.10. The number of hydrogen-bond acceptors (Lipinski definition) is 4. The molecule has 0 saturated heterocycles. The lowest BCUT2D eigenvalue weighted by Gasteiger charge is -2.11. The summed E-state index contributed by atoms with van der Waals surface area (Å²) in [4.78, 5) is 22.8. The molecule has 1 aliphatic heterocycles. The Morgan fingerprint density at radius 2 is 2.19 bits per heavy atom. The number of benzene rings is 1. The van der Waals surface area contributed by atoms with Gasteiger partial charge in [-0.15, -0.1) is 0 Å². The van der Waals surface area contributed by atoms with Gasteiger partial charge in [-0.1, -0.05) is 18.5 Å². The summed E-state index contributed by atoms with van der Waals surface area (Å²) in [6, 6.07) is 4.70. The predicted molar refractivity (Wildman–Crippen MR) is 80.4 cm³/mol. The third kappa shape index (κ3) is 3.90. The second-order valence-electron chi connectivity index (χ2n) is 5.12. The van der Waals surface area contributed by atoms with Gasteiger partial charge in [0.1, 0.15) is 0 Å². The molecule has 0 bridgehead atoms. The number of carbonyl (C=O) groups is 1. The summed E-state index contributed by atoms with van der Waals surface area (Å²) >= 11 is 0. The Morgan fingerprint density at radius 3 is 2.95 bits per heavy atom. The van der Waals surface area contributed by atoms with Crippen molar-refractivity contribution in [1.82, 2.24) is 10.5 Å². The molecule has 0 fully saturated rings. The van der Waals surface area contributed by atoms with Crippen LogP contribution in [0.15, 0.2) is 27.5 Å². The Hall–Kier alpha value is -2.17. The largest absolute Gasteiger partial charge is 0.356 e. The molecule has 0 atom stereocenters. The first-order valence-corrected chi connectivity index (χ1v) is 7.27. The van der Waals surface area contributed by atoms with Crippen LogP contribution in [0.3, 0.4) is 0 Å². The van der Waals surface area contributed by atoms with Crippen LogP contribution >= 0.6 is 0 Å². The van der Waals surface area contributed by atoms with E-state index in [-0.39, 0.29) is 11.3 Å². The Balaban J connectivity index is 2.02. The molecule has 1 amide bonds. The zero-order valence-corrected chi connectivity index (χ0v) is 12.4. The molecule has 0 saturated carbocycles. The van der Waals surface area contributed by atoms with Crippen LogP contribution in [0, 0.1) is 6.92 Å². The minimum atomic E-state index is -0.0941. The van der Waals surface area contributed by atoms with Crippen molar-refractivity contribution < 1.29 is 9.32 Å². The van der Waals surface area contributed by atoms with Crippen molar-refractivity contribution in [1.29, 1.82) is 0 Å². The van der Waals surface area contributed by atoms with Crippen molar-refractivity contribution in [3.8, 4) is 11.3 Å². The van der Waals surface area contributed by atoms with Gasteiger partial charge in [-0.2, -0.15) is 0 Å². The fourth-order valence-corrected chi connectivity index (χ4v) is 2.20. The van der Waals surface area contributed by atoms with E-state index >= 15 is 0 Å². The van der Waals surface area contributed by atoms with Gasteiger partial charge in [0.2, 0.25) is 5.91 Å². The zero-order valence-electron chi connectivity index (χ0n) is 12.4. The molecule has 1 N–H and O–H groups in total. The smallest absolute Gasteiger partial charge is 0.220 e. The lowest BCUT2D eigenvalue weighted by atomic mass is 10.0. The highest BCUT2D eigenvalue weighted by Crippen LogP contribution is 2.24. The maximum atomic E-state index is 11.5. The lowest BCUT2D eigenvalue weighted by molar-refractivity contribution is -0.121. The average molecular weight is 288 g/mol. The van der Waals surface area contributed by atoms with Gasteiger partial charge in [0.15, 0.2) is 11.2 Å². The van der Waals surface area contributed by atoms with Crippen LogP contribution in [0.1, 0.15) is 37.4 Å². The highest BCUT2D eigenvalue weighted by molar-refractivity contribution is 5.75. The first-order valence-electron chi connectivity index (χ1n) is 7.27. The highest BCUT2D eigenvalue weighted by Gasteiger charge is 2.13. The molecule has 0 unspecified atom stereocenters. The second-order valence-corrected chi connectivity index (χ2v) is 5.12. The Morgan fingerprint density at radius 1 is 1.38 bits per heavy atom. The Bertz CT molecular complexity index is 649. The van der Waals surface area contributed by atoms with Gasteiger partial charge in [0, 0.05) is 31.0 Å². The van der Waals surface area contributed by atoms with Crippen LogP contribution in [0.4, 0.5) is 0 Å². The van der Waals surface area contributed by atoms with Gasteiger partial charge >= 0.3 is 0 Å². The Labute approximate surface area is 123 Å². The molecule has 0 aromatic heterocycles. The first kappa shape index (κ1) is 15.2. The number of nitrogens with one attached hydrogen (secondary N) is 1. The number of fused-ring (bicyclic) bond motifs is 1. The maximum absolute atomic E-state index is 11.5. The molecule has 1 heterocycles. The summed E-state index contributed by atoms with van der Waals surface area (Å²) in [5, 5.41) is 6.92. The van der Waals surface area contributed by atoms with E-state index in [4.69, 9.17) is 4.52 Å². The zero-order chi connectivity index (χ0) is 15.2. The molecule has 5 nitrogen and oxygen atoms in total. The van der Waals surface area contributed by atoms with Gasteiger partial charge < -0.3 is 9.84 Å². The van der Waals surface area contributed by atoms with E-state index < -0.39 is 0 Å². The minimum Gasteiger partial charge on any atom is -0.356 e. The molecular formula is C16H20N2O3. The highest BCUT2D eigenvalue weighted by atomic mass is 16.5. The number of carbonyl (C=O) groups excluding carboxylic acids is 1. The van der Waals surface area contributed by atoms with E-state index in [0.717, 1.165) is 29.7 Å². The van der Waals surface area contributed by atoms with Crippen LogP contribution in [0.25, 0.3) is 11.3 Å². The van der Waals surface area contributed by atoms with Crippen molar-refractivity contribution >= 4 is 5.91 Å². The number of nitrogens with zero attached hydrogens (tertiary/aromatic N) is 1. The monoisotopic (exact) mass is 288 g/mol. The number of hydrogen-bond donors (Lipinski definition) is 1. The normalized spacial score (nSPS) is 10.8. The van der Waals surface area contributed by atoms with Gasteiger partial charge in [0.25, 0.3) is 0 Å². The quantitative estimate of drug-likeness (QED) is 0.885. The van der Waals surface area contributed by atoms with Gasteiger partial charge in [0.05, 0.1) is 5.69 Å². The fraction of sp³-hybridized carbons (Fsp3) is 0.438. The first-order chi connectivity index (χ1) is 10.1. The van der Waals surface area contributed by atoms with Gasteiger partial charge in [-0.3, -0.25) is 9.59 Å². The summed E-state index contributed by atoms with van der Waals surface area (Å²) < 4.78 is 5.26. The molecule has 0 spiro atoms. The minimum absolute atomic E-state index is 0.0724. The third-order valence-electron chi connectivity index (χ3n) is 3.49. The maximum Gasteiger partial charge on any atom is 0.220 e. The fourth-order valence-electron chi connectivity index (χ4n) is 2.20. The predicted octanol–water partition coefficient (Wildman–Crippen LogP) is 2.30. The van der Waals surface area contributed by atoms with E-state index in [1.165, 1.54) is 12.1 Å². The molecule has 2 aliphatic rings. The van der Waals surface area contributed by atoms with Gasteiger partial charge in [-0.25, -0.2) is 0 Å². The number of amides is 1. The molecule has 5 heteroatoms. The van der Waals surface area contributed by atoms with Crippen molar-refractivity contribution in [3.05, 3.63) is 39.7 Å². The number of rotatable bonds is 6. The van der Waals surface area contributed by atoms with Crippen LogP contribution in [0.2, 0.25) is 0 Å². The molecule has 112 valence electrons. The Kier molecular flexibility index (Phi) is 5.09. The van der Waals surface area contributed by atoms with Crippen molar-refractivity contribution in [3.63, 3.8) is 0 Å². The topological polar surface area (TPSA) is 72.2 Å². The number of unbranched alkanes of at least 4 members (excludes halogenated alkanes) is 1. The van der Waals surface area contributed by atoms with E-state index in [1.54, 1.807) is 6.07 Å². The summed E-state index contributed by atoms with van der Waals surface area (Å²) in [6.45, 7) is 4.55. The van der Waals surface area contributed by atoms with E-state index in [2.05, 4.69) is 17.4 Å². The number of aromatic nitrogens is 1. The van der Waals surface area contributed by atoms with Crippen molar-refractivity contribution in [2.75, 3.05) is 6.54 Å². The molecule has 1 aliphatic carbocycles. The summed E-state index contributed by atoms with van der Waals surface area (Å²) in [5.74, 6) is 0.568. The average Bonchev–Trinajstić information content (AvgIpc) is 2.47. The van der Waals surface area contributed by atoms with E-state index in [1.807, 2.05) is 6.92 Å². The molecule has 0 aromatic carbocycles. The molecule has 2 rings (SSSR count). The van der Waals surface area contributed by atoms with Crippen LogP contribution < -0.4 is 10.7 Å². The van der Waals surface area contributed by atoms with E-state index in [9.17, 15) is 9.59 Å². The van der Waals surface area contributed by atoms with Gasteiger partial charge in [-0.05, 0) is 31.0 Å². The van der Waals surface area contributed by atoms with Crippen LogP contribution in [-0.2, 0) is 11.2 Å². The van der Waals surface area contributed by atoms with Crippen LogP contribution in [0.5, 0.6) is 0 Å². The molecular weight excluding hydrogens is 268 g/mol. The standard InChI is InChI=1S/C16H20N2O3/c1-3-4-5-16(20)17-9-8-14-11(2)13-7-6-12(19)10-15(13)21-18-14/h6-7,10H,3-5,8-9H2,1-2H3,(H,17,20). The van der Waals surface area contributed by atoms with Crippen molar-refractivity contribution in [2.45, 2.75) is 39.5 Å². The lowest BCUT2D eigenvalue weighted by Crippen LogP contribution is -2.25. The third-order valence-corrected chi connectivity index (χ3v) is 3.49.